The molecule has 0 bridgehead atoms. The van der Waals surface area contributed by atoms with Crippen molar-refractivity contribution in [1.82, 2.24) is 9.97 Å². The highest BCUT2D eigenvalue weighted by Gasteiger charge is 2.05. The third kappa shape index (κ3) is 3.91. The molecular weight excluding hydrogens is 314 g/mol. The first-order chi connectivity index (χ1) is 12.1. The number of carbonyl (C=O) groups is 1. The van der Waals surface area contributed by atoms with E-state index in [1.165, 1.54) is 6.92 Å². The molecule has 0 radical (unpaired) electrons. The number of nitrogens with one attached hydrogen (secondary N) is 2. The van der Waals surface area contributed by atoms with E-state index in [4.69, 9.17) is 12.2 Å². The van der Waals surface area contributed by atoms with Crippen molar-refractivity contribution in [2.45, 2.75) is 13.5 Å². The summed E-state index contributed by atoms with van der Waals surface area (Å²) in [6.45, 7) is 1.81. The molecule has 1 heterocycles. The van der Waals surface area contributed by atoms with Crippen molar-refractivity contribution in [1.29, 1.82) is 0 Å². The Labute approximate surface area is 145 Å². The van der Waals surface area contributed by atoms with E-state index < -0.39 is 0 Å². The molecule has 0 atom stereocenters. The Kier molecular flexibility index (Phi) is 4.59. The van der Waals surface area contributed by atoms with Crippen molar-refractivity contribution in [3.63, 3.8) is 0 Å². The van der Waals surface area contributed by atoms with Crippen LogP contribution in [-0.4, -0.2) is 15.9 Å². The fourth-order valence-corrected chi connectivity index (χ4v) is 2.47. The molecule has 0 unspecified atom stereocenters. The van der Waals surface area contributed by atoms with Gasteiger partial charge < -0.3 is 16.4 Å². The van der Waals surface area contributed by atoms with Crippen molar-refractivity contribution in [2.75, 3.05) is 10.6 Å². The Morgan fingerprint density at radius 2 is 2.04 bits per heavy atom. The summed E-state index contributed by atoms with van der Waals surface area (Å²) in [6.07, 6.45) is 7.12. The summed E-state index contributed by atoms with van der Waals surface area (Å²) in [5, 5.41) is 6.77. The summed E-state index contributed by atoms with van der Waals surface area (Å²) in [5.74, 6) is 2.89. The van der Waals surface area contributed by atoms with Gasteiger partial charge in [0.25, 0.3) is 0 Å². The van der Waals surface area contributed by atoms with E-state index in [9.17, 15) is 4.79 Å². The molecule has 0 aliphatic heterocycles. The normalized spacial score (nSPS) is 10.3. The maximum atomic E-state index is 11.3. The molecule has 4 N–H and O–H groups in total. The summed E-state index contributed by atoms with van der Waals surface area (Å²) >= 11 is 0. The van der Waals surface area contributed by atoms with E-state index >= 15 is 0 Å². The Morgan fingerprint density at radius 3 is 2.76 bits per heavy atom. The topological polar surface area (TPSA) is 92.9 Å². The largest absolute Gasteiger partial charge is 0.326 e. The molecule has 3 aromatic rings. The minimum Gasteiger partial charge on any atom is -0.326 e. The predicted molar refractivity (Wildman–Crippen MR) is 99.4 cm³/mol. The summed E-state index contributed by atoms with van der Waals surface area (Å²) in [4.78, 5) is 20.1. The van der Waals surface area contributed by atoms with Gasteiger partial charge in [0.2, 0.25) is 11.9 Å². The van der Waals surface area contributed by atoms with Gasteiger partial charge >= 0.3 is 0 Å². The number of terminal acetylenes is 1. The summed E-state index contributed by atoms with van der Waals surface area (Å²) in [6, 6.07) is 11.1. The van der Waals surface area contributed by atoms with Gasteiger partial charge in [-0.05, 0) is 42.0 Å². The van der Waals surface area contributed by atoms with Crippen molar-refractivity contribution in [3.8, 4) is 12.3 Å². The highest BCUT2D eigenvalue weighted by atomic mass is 16.1. The smallest absolute Gasteiger partial charge is 0.227 e. The zero-order valence-electron chi connectivity index (χ0n) is 13.7. The molecule has 124 valence electrons. The Morgan fingerprint density at radius 1 is 1.24 bits per heavy atom. The first-order valence-corrected chi connectivity index (χ1v) is 7.69. The van der Waals surface area contributed by atoms with E-state index in [-0.39, 0.29) is 5.91 Å². The van der Waals surface area contributed by atoms with Gasteiger partial charge in [-0.3, -0.25) is 4.79 Å². The summed E-state index contributed by atoms with van der Waals surface area (Å²) in [5.41, 5.74) is 9.58. The zero-order valence-corrected chi connectivity index (χ0v) is 13.7. The molecule has 6 heteroatoms. The lowest BCUT2D eigenvalue weighted by molar-refractivity contribution is -0.114. The third-order valence-electron chi connectivity index (χ3n) is 3.55. The highest BCUT2D eigenvalue weighted by molar-refractivity contribution is 5.89. The second-order valence-electron chi connectivity index (χ2n) is 5.54. The van der Waals surface area contributed by atoms with Gasteiger partial charge in [-0.2, -0.15) is 0 Å². The van der Waals surface area contributed by atoms with Gasteiger partial charge in [-0.15, -0.1) is 6.42 Å². The minimum atomic E-state index is -0.147. The van der Waals surface area contributed by atoms with Crippen LogP contribution in [0, 0.1) is 12.3 Å². The number of nitrogens with zero attached hydrogens (tertiary/aromatic N) is 2. The SMILES string of the molecule is C#Cc1ccc2nc(Nc3cc(CN)cc(NC(C)=O)c3)ncc2c1. The third-order valence-corrected chi connectivity index (χ3v) is 3.55. The number of carbonyl (C=O) groups excluding carboxylic acids is 1. The standard InChI is InChI=1S/C19H17N5O/c1-3-13-4-5-18-15(6-13)11-21-19(24-18)23-17-8-14(10-20)7-16(9-17)22-12(2)25/h1,4-9,11H,10,20H2,2H3,(H,22,25)(H,21,23,24). The Balaban J connectivity index is 1.92. The zero-order chi connectivity index (χ0) is 17.8. The lowest BCUT2D eigenvalue weighted by Gasteiger charge is -2.11. The molecule has 0 saturated carbocycles. The van der Waals surface area contributed by atoms with Crippen LogP contribution >= 0.6 is 0 Å². The summed E-state index contributed by atoms with van der Waals surface area (Å²) < 4.78 is 0. The minimum absolute atomic E-state index is 0.147. The molecule has 1 amide bonds. The number of nitrogens with two attached hydrogens (primary N) is 1. The number of hydrogen-bond donors (Lipinski definition) is 3. The first-order valence-electron chi connectivity index (χ1n) is 7.69. The average molecular weight is 331 g/mol. The van der Waals surface area contributed by atoms with Crippen LogP contribution in [-0.2, 0) is 11.3 Å². The molecule has 25 heavy (non-hydrogen) atoms. The van der Waals surface area contributed by atoms with Crippen LogP contribution in [0.25, 0.3) is 10.9 Å². The van der Waals surface area contributed by atoms with Crippen LogP contribution in [0.2, 0.25) is 0 Å². The number of fused-ring (bicyclic) bond motifs is 1. The van der Waals surface area contributed by atoms with Gasteiger partial charge in [0.05, 0.1) is 5.52 Å². The van der Waals surface area contributed by atoms with Crippen LogP contribution < -0.4 is 16.4 Å². The Bertz CT molecular complexity index is 991. The quantitative estimate of drug-likeness (QED) is 0.639. The second-order valence-corrected chi connectivity index (χ2v) is 5.54. The van der Waals surface area contributed by atoms with Crippen LogP contribution in [0.5, 0.6) is 0 Å². The number of rotatable bonds is 4. The molecule has 1 aromatic heterocycles. The maximum Gasteiger partial charge on any atom is 0.227 e. The van der Waals surface area contributed by atoms with E-state index in [0.29, 0.717) is 18.2 Å². The maximum absolute atomic E-state index is 11.3. The first kappa shape index (κ1) is 16.4. The second kappa shape index (κ2) is 6.99. The van der Waals surface area contributed by atoms with Gasteiger partial charge in [-0.25, -0.2) is 9.97 Å². The molecule has 2 aromatic carbocycles. The van der Waals surface area contributed by atoms with E-state index in [1.54, 1.807) is 12.3 Å². The monoisotopic (exact) mass is 331 g/mol. The highest BCUT2D eigenvalue weighted by Crippen LogP contribution is 2.22. The van der Waals surface area contributed by atoms with Crippen LogP contribution in [0.15, 0.2) is 42.6 Å². The molecule has 0 spiro atoms. The number of amides is 1. The summed E-state index contributed by atoms with van der Waals surface area (Å²) in [7, 11) is 0. The molecule has 0 saturated heterocycles. The lowest BCUT2D eigenvalue weighted by atomic mass is 10.1. The molecule has 3 rings (SSSR count). The van der Waals surface area contributed by atoms with E-state index in [0.717, 1.165) is 27.7 Å². The number of anilines is 3. The van der Waals surface area contributed by atoms with Crippen molar-refractivity contribution in [2.24, 2.45) is 5.73 Å². The van der Waals surface area contributed by atoms with Crippen molar-refractivity contribution >= 4 is 34.1 Å². The molecule has 0 aliphatic carbocycles. The fraction of sp³-hybridized carbons (Fsp3) is 0.105. The average Bonchev–Trinajstić information content (AvgIpc) is 2.60. The molecule has 0 fully saturated rings. The van der Waals surface area contributed by atoms with Crippen LogP contribution in [0.1, 0.15) is 18.1 Å². The molecule has 6 nitrogen and oxygen atoms in total. The van der Waals surface area contributed by atoms with Crippen LogP contribution in [0.3, 0.4) is 0 Å². The van der Waals surface area contributed by atoms with Gasteiger partial charge in [0.15, 0.2) is 0 Å². The molecule has 0 aliphatic rings. The van der Waals surface area contributed by atoms with E-state index in [2.05, 4.69) is 26.5 Å². The lowest BCUT2D eigenvalue weighted by Crippen LogP contribution is -2.08. The van der Waals surface area contributed by atoms with Crippen molar-refractivity contribution in [3.05, 3.63) is 53.7 Å². The van der Waals surface area contributed by atoms with E-state index in [1.807, 2.05) is 30.3 Å². The Hall–Kier alpha value is -3.43. The van der Waals surface area contributed by atoms with Gasteiger partial charge in [0.1, 0.15) is 0 Å². The fourth-order valence-electron chi connectivity index (χ4n) is 2.47. The van der Waals surface area contributed by atoms with Gasteiger partial charge in [0, 0.05) is 42.0 Å². The number of aromatic nitrogens is 2. The van der Waals surface area contributed by atoms with Crippen molar-refractivity contribution < 1.29 is 4.79 Å². The predicted octanol–water partition coefficient (Wildman–Crippen LogP) is 2.77. The van der Waals surface area contributed by atoms with Gasteiger partial charge in [-0.1, -0.05) is 5.92 Å². The number of hydrogen-bond acceptors (Lipinski definition) is 5. The molecular formula is C19H17N5O. The number of benzene rings is 2. The van der Waals surface area contributed by atoms with Crippen LogP contribution in [0.4, 0.5) is 17.3 Å².